The first-order chi connectivity index (χ1) is 9.30. The number of amides is 1. The van der Waals surface area contributed by atoms with E-state index in [4.69, 9.17) is 22.3 Å². The van der Waals surface area contributed by atoms with Gasteiger partial charge in [-0.15, -0.1) is 0 Å². The van der Waals surface area contributed by atoms with Gasteiger partial charge in [0.1, 0.15) is 0 Å². The maximum absolute atomic E-state index is 12.5. The third kappa shape index (κ3) is 3.27. The molecular weight excluding hydrogens is 321 g/mol. The monoisotopic (exact) mass is 335 g/mol. The van der Waals surface area contributed by atoms with E-state index in [-0.39, 0.29) is 15.8 Å². The van der Waals surface area contributed by atoms with E-state index in [1.54, 1.807) is 11.8 Å². The average Bonchev–Trinajstić information content (AvgIpc) is 2.40. The lowest BCUT2D eigenvalue weighted by Crippen LogP contribution is -2.36. The Morgan fingerprint density at radius 1 is 1.20 bits per heavy atom. The third-order valence-corrected chi connectivity index (χ3v) is 5.20. The smallest absolute Gasteiger partial charge is 0.261 e. The third-order valence-electron chi connectivity index (χ3n) is 3.47. The molecule has 4 nitrogen and oxygen atoms in total. The van der Waals surface area contributed by atoms with Crippen molar-refractivity contribution in [1.29, 1.82) is 0 Å². The Hall–Kier alpha value is -0.780. The van der Waals surface area contributed by atoms with Crippen molar-refractivity contribution in [1.82, 2.24) is 4.90 Å². The molecule has 1 aliphatic rings. The molecule has 1 heterocycles. The molecule has 0 atom stereocenters. The predicted molar refractivity (Wildman–Crippen MR) is 79.0 cm³/mol. The molecule has 1 aromatic carbocycles. The van der Waals surface area contributed by atoms with E-state index in [1.807, 2.05) is 0 Å². The molecule has 0 saturated carbocycles. The molecule has 0 bridgehead atoms. The van der Waals surface area contributed by atoms with Gasteiger partial charge in [0.2, 0.25) is 0 Å². The summed E-state index contributed by atoms with van der Waals surface area (Å²) in [5.41, 5.74) is 0.880. The molecule has 1 aliphatic heterocycles. The van der Waals surface area contributed by atoms with Gasteiger partial charge < -0.3 is 4.90 Å². The number of halogens is 2. The quantitative estimate of drug-likeness (QED) is 0.780. The van der Waals surface area contributed by atoms with Crippen molar-refractivity contribution in [2.45, 2.75) is 31.1 Å². The molecule has 1 fully saturated rings. The van der Waals surface area contributed by atoms with Gasteiger partial charge in [-0.25, -0.2) is 8.42 Å². The van der Waals surface area contributed by atoms with Crippen LogP contribution < -0.4 is 0 Å². The molecule has 110 valence electrons. The fraction of sp³-hybridized carbons (Fsp3) is 0.462. The van der Waals surface area contributed by atoms with Crippen LogP contribution in [0.5, 0.6) is 0 Å². The summed E-state index contributed by atoms with van der Waals surface area (Å²) in [5, 5.41) is 0.229. The summed E-state index contributed by atoms with van der Waals surface area (Å²) in [6.07, 6.45) is 3.04. The minimum atomic E-state index is -3.91. The lowest BCUT2D eigenvalue weighted by atomic mass is 10.1. The Bertz CT molecular complexity index is 637. The second-order valence-electron chi connectivity index (χ2n) is 4.87. The van der Waals surface area contributed by atoms with Crippen LogP contribution in [0.2, 0.25) is 5.02 Å². The largest absolute Gasteiger partial charge is 0.339 e. The number of rotatable bonds is 2. The van der Waals surface area contributed by atoms with Gasteiger partial charge in [0.15, 0.2) is 0 Å². The van der Waals surface area contributed by atoms with Gasteiger partial charge in [-0.05, 0) is 43.9 Å². The van der Waals surface area contributed by atoms with Crippen LogP contribution in [-0.2, 0) is 9.05 Å². The highest BCUT2D eigenvalue weighted by Gasteiger charge is 2.23. The Morgan fingerprint density at radius 3 is 2.35 bits per heavy atom. The topological polar surface area (TPSA) is 54.5 Å². The molecule has 2 rings (SSSR count). The summed E-state index contributed by atoms with van der Waals surface area (Å²) in [4.78, 5) is 14.1. The van der Waals surface area contributed by atoms with Crippen molar-refractivity contribution >= 4 is 37.2 Å². The Kier molecular flexibility index (Phi) is 4.62. The number of piperidine rings is 1. The number of carbonyl (C=O) groups excluding carboxylic acids is 1. The molecule has 0 spiro atoms. The highest BCUT2D eigenvalue weighted by molar-refractivity contribution is 8.13. The molecule has 0 N–H and O–H groups in total. The standard InChI is InChI=1S/C13H15Cl2NO3S/c1-9-11(13(17)16-5-3-2-4-6-16)7-10(8-12(9)14)20(15,18)19/h7-8H,2-6H2,1H3. The fourth-order valence-electron chi connectivity index (χ4n) is 2.28. The summed E-state index contributed by atoms with van der Waals surface area (Å²) in [5.74, 6) is -0.189. The normalized spacial score (nSPS) is 16.2. The molecule has 20 heavy (non-hydrogen) atoms. The van der Waals surface area contributed by atoms with E-state index >= 15 is 0 Å². The van der Waals surface area contributed by atoms with Gasteiger partial charge >= 0.3 is 0 Å². The average molecular weight is 336 g/mol. The molecule has 1 aromatic rings. The maximum atomic E-state index is 12.5. The molecule has 0 aliphatic carbocycles. The van der Waals surface area contributed by atoms with E-state index in [2.05, 4.69) is 0 Å². The number of nitrogens with zero attached hydrogens (tertiary/aromatic N) is 1. The first-order valence-electron chi connectivity index (χ1n) is 6.35. The zero-order valence-electron chi connectivity index (χ0n) is 11.0. The van der Waals surface area contributed by atoms with E-state index < -0.39 is 9.05 Å². The van der Waals surface area contributed by atoms with Gasteiger partial charge in [-0.2, -0.15) is 0 Å². The lowest BCUT2D eigenvalue weighted by Gasteiger charge is -2.27. The van der Waals surface area contributed by atoms with Crippen LogP contribution in [0.25, 0.3) is 0 Å². The minimum absolute atomic E-state index is 0.143. The summed E-state index contributed by atoms with van der Waals surface area (Å²) in [6, 6.07) is 2.58. The van der Waals surface area contributed by atoms with Crippen LogP contribution in [0.4, 0.5) is 0 Å². The SMILES string of the molecule is Cc1c(Cl)cc(S(=O)(=O)Cl)cc1C(=O)N1CCCCC1. The highest BCUT2D eigenvalue weighted by Crippen LogP contribution is 2.27. The number of likely N-dealkylation sites (tertiary alicyclic amines) is 1. The summed E-state index contributed by atoms with van der Waals surface area (Å²) < 4.78 is 22.9. The molecule has 1 saturated heterocycles. The lowest BCUT2D eigenvalue weighted by molar-refractivity contribution is 0.0723. The Balaban J connectivity index is 2.44. The van der Waals surface area contributed by atoms with Crippen molar-refractivity contribution in [2.24, 2.45) is 0 Å². The van der Waals surface area contributed by atoms with Gasteiger partial charge in [0.25, 0.3) is 15.0 Å². The number of benzene rings is 1. The van der Waals surface area contributed by atoms with E-state index in [0.717, 1.165) is 19.3 Å². The van der Waals surface area contributed by atoms with Crippen LogP contribution in [0.1, 0.15) is 35.2 Å². The van der Waals surface area contributed by atoms with Crippen LogP contribution in [0.15, 0.2) is 17.0 Å². The van der Waals surface area contributed by atoms with Crippen molar-refractivity contribution in [2.75, 3.05) is 13.1 Å². The van der Waals surface area contributed by atoms with Crippen LogP contribution in [0.3, 0.4) is 0 Å². The highest BCUT2D eigenvalue weighted by atomic mass is 35.7. The zero-order valence-corrected chi connectivity index (χ0v) is 13.4. The molecule has 7 heteroatoms. The molecule has 0 aromatic heterocycles. The first-order valence-corrected chi connectivity index (χ1v) is 9.03. The fourth-order valence-corrected chi connectivity index (χ4v) is 3.35. The van der Waals surface area contributed by atoms with Crippen LogP contribution >= 0.6 is 22.3 Å². The second kappa shape index (κ2) is 5.92. The summed E-state index contributed by atoms with van der Waals surface area (Å²) in [6.45, 7) is 3.08. The second-order valence-corrected chi connectivity index (χ2v) is 7.84. The molecular formula is C13H15Cl2NO3S. The van der Waals surface area contributed by atoms with Gasteiger partial charge in [-0.1, -0.05) is 11.6 Å². The Morgan fingerprint density at radius 2 is 1.80 bits per heavy atom. The van der Waals surface area contributed by atoms with Crippen molar-refractivity contribution in [3.05, 3.63) is 28.3 Å². The van der Waals surface area contributed by atoms with Gasteiger partial charge in [0, 0.05) is 34.4 Å². The molecule has 1 amide bonds. The Labute approximate surface area is 128 Å². The van der Waals surface area contributed by atoms with Gasteiger partial charge in [-0.3, -0.25) is 4.79 Å². The molecule has 0 unspecified atom stereocenters. The number of hydrogen-bond acceptors (Lipinski definition) is 3. The van der Waals surface area contributed by atoms with Crippen molar-refractivity contribution in [3.8, 4) is 0 Å². The maximum Gasteiger partial charge on any atom is 0.261 e. The van der Waals surface area contributed by atoms with Crippen LogP contribution in [0, 0.1) is 6.92 Å². The molecule has 0 radical (unpaired) electrons. The van der Waals surface area contributed by atoms with Crippen molar-refractivity contribution < 1.29 is 13.2 Å². The van der Waals surface area contributed by atoms with Crippen LogP contribution in [-0.4, -0.2) is 32.3 Å². The number of hydrogen-bond donors (Lipinski definition) is 0. The predicted octanol–water partition coefficient (Wildman–Crippen LogP) is 3.20. The van der Waals surface area contributed by atoms with E-state index in [0.29, 0.717) is 24.2 Å². The summed E-state index contributed by atoms with van der Waals surface area (Å²) >= 11 is 6.01. The number of carbonyl (C=O) groups is 1. The van der Waals surface area contributed by atoms with Gasteiger partial charge in [0.05, 0.1) is 4.90 Å². The van der Waals surface area contributed by atoms with E-state index in [9.17, 15) is 13.2 Å². The zero-order chi connectivity index (χ0) is 14.9. The van der Waals surface area contributed by atoms with E-state index in [1.165, 1.54) is 12.1 Å². The van der Waals surface area contributed by atoms with Crippen molar-refractivity contribution in [3.63, 3.8) is 0 Å². The minimum Gasteiger partial charge on any atom is -0.339 e. The first kappa shape index (κ1) is 15.6. The summed E-state index contributed by atoms with van der Waals surface area (Å²) in [7, 11) is 1.42.